The van der Waals surface area contributed by atoms with Gasteiger partial charge in [0.15, 0.2) is 29.4 Å². The standard InChI is InChI=1S/C9H5F8NO.ClH/c10-2-1(7(18)8(19)9(15,16)17)3(11)5(13)6(14)4(2)12;/h7-8,19H,18H2;1H/t7-,8-;/m0./s1. The normalized spacial score (nSPS) is 14.7. The molecule has 0 aliphatic rings. The Balaban J connectivity index is 0.00000361. The van der Waals surface area contributed by atoms with E-state index in [1.807, 2.05) is 0 Å². The van der Waals surface area contributed by atoms with Crippen molar-refractivity contribution in [3.05, 3.63) is 34.6 Å². The Kier molecular flexibility index (Phi) is 5.76. The summed E-state index contributed by atoms with van der Waals surface area (Å²) < 4.78 is 101. The minimum absolute atomic E-state index is 0. The second-order valence-electron chi connectivity index (χ2n) is 3.50. The summed E-state index contributed by atoms with van der Waals surface area (Å²) in [7, 11) is 0. The molecule has 0 amide bonds. The minimum atomic E-state index is -5.39. The maximum absolute atomic E-state index is 13.1. The summed E-state index contributed by atoms with van der Waals surface area (Å²) in [6.45, 7) is 0. The summed E-state index contributed by atoms with van der Waals surface area (Å²) >= 11 is 0. The first-order chi connectivity index (χ1) is 8.50. The first-order valence-corrected chi connectivity index (χ1v) is 4.51. The third-order valence-electron chi connectivity index (χ3n) is 2.25. The molecule has 0 spiro atoms. The Hall–Kier alpha value is -1.13. The number of aliphatic hydroxyl groups excluding tert-OH is 1. The SMILES string of the molecule is Cl.N[C@@H](c1c(F)c(F)c(F)c(F)c1F)[C@H](O)C(F)(F)F. The van der Waals surface area contributed by atoms with E-state index in [9.17, 15) is 35.1 Å². The second-order valence-corrected chi connectivity index (χ2v) is 3.50. The number of benzene rings is 1. The lowest BCUT2D eigenvalue weighted by molar-refractivity contribution is -0.210. The first-order valence-electron chi connectivity index (χ1n) is 4.51. The number of hydrogen-bond acceptors (Lipinski definition) is 2. The van der Waals surface area contributed by atoms with E-state index < -0.39 is 53.0 Å². The van der Waals surface area contributed by atoms with Gasteiger partial charge in [-0.2, -0.15) is 13.2 Å². The van der Waals surface area contributed by atoms with Gasteiger partial charge in [0, 0.05) is 5.56 Å². The lowest BCUT2D eigenvalue weighted by Gasteiger charge is -2.22. The fourth-order valence-electron chi connectivity index (χ4n) is 1.28. The van der Waals surface area contributed by atoms with Gasteiger partial charge in [-0.1, -0.05) is 0 Å². The molecular weight excluding hydrogens is 326 g/mol. The second kappa shape index (κ2) is 6.10. The van der Waals surface area contributed by atoms with Crippen LogP contribution in [0.3, 0.4) is 0 Å². The van der Waals surface area contributed by atoms with Crippen LogP contribution in [-0.4, -0.2) is 17.4 Å². The number of rotatable bonds is 2. The molecule has 2 nitrogen and oxygen atoms in total. The Morgan fingerprint density at radius 3 is 1.40 bits per heavy atom. The zero-order valence-electron chi connectivity index (χ0n) is 9.11. The highest BCUT2D eigenvalue weighted by atomic mass is 35.5. The van der Waals surface area contributed by atoms with Gasteiger partial charge in [-0.15, -0.1) is 12.4 Å². The van der Waals surface area contributed by atoms with Crippen LogP contribution in [0.25, 0.3) is 0 Å². The molecule has 1 rings (SSSR count). The van der Waals surface area contributed by atoms with Gasteiger partial charge >= 0.3 is 6.18 Å². The summed E-state index contributed by atoms with van der Waals surface area (Å²) in [6, 6.07) is -2.86. The van der Waals surface area contributed by atoms with E-state index in [1.54, 1.807) is 0 Å². The molecule has 0 saturated carbocycles. The molecule has 0 radical (unpaired) electrons. The summed E-state index contributed by atoms with van der Waals surface area (Å²) in [5, 5.41) is 8.69. The minimum Gasteiger partial charge on any atom is -0.382 e. The van der Waals surface area contributed by atoms with Crippen molar-refractivity contribution in [1.82, 2.24) is 0 Å². The predicted molar refractivity (Wildman–Crippen MR) is 52.5 cm³/mol. The van der Waals surface area contributed by atoms with Crippen LogP contribution in [0.4, 0.5) is 35.1 Å². The third-order valence-corrected chi connectivity index (χ3v) is 2.25. The van der Waals surface area contributed by atoms with Crippen LogP contribution in [0.1, 0.15) is 11.6 Å². The van der Waals surface area contributed by atoms with Crippen molar-refractivity contribution in [2.75, 3.05) is 0 Å². The fraction of sp³-hybridized carbons (Fsp3) is 0.333. The maximum Gasteiger partial charge on any atom is 0.416 e. The number of hydrogen-bond donors (Lipinski definition) is 2. The van der Waals surface area contributed by atoms with Crippen LogP contribution in [0.5, 0.6) is 0 Å². The van der Waals surface area contributed by atoms with E-state index in [0.29, 0.717) is 0 Å². The zero-order valence-corrected chi connectivity index (χ0v) is 9.93. The van der Waals surface area contributed by atoms with Gasteiger partial charge in [-0.05, 0) is 0 Å². The average Bonchev–Trinajstić information content (AvgIpc) is 2.31. The molecule has 0 aliphatic carbocycles. The molecule has 0 saturated heterocycles. The lowest BCUT2D eigenvalue weighted by Crippen LogP contribution is -2.40. The van der Waals surface area contributed by atoms with E-state index >= 15 is 0 Å². The molecule has 2 atom stereocenters. The van der Waals surface area contributed by atoms with Crippen molar-refractivity contribution in [2.45, 2.75) is 18.3 Å². The Bertz CT molecular complexity index is 477. The van der Waals surface area contributed by atoms with Crippen LogP contribution >= 0.6 is 12.4 Å². The highest BCUT2D eigenvalue weighted by molar-refractivity contribution is 5.85. The summed E-state index contributed by atoms with van der Waals surface area (Å²) in [5.41, 5.74) is 2.78. The van der Waals surface area contributed by atoms with Crippen LogP contribution in [-0.2, 0) is 0 Å². The first kappa shape index (κ1) is 18.9. The molecule has 3 N–H and O–H groups in total. The molecular formula is C9H6ClF8NO. The number of nitrogens with two attached hydrogens (primary N) is 1. The van der Waals surface area contributed by atoms with E-state index in [-0.39, 0.29) is 12.4 Å². The van der Waals surface area contributed by atoms with E-state index in [2.05, 4.69) is 0 Å². The van der Waals surface area contributed by atoms with Crippen molar-refractivity contribution >= 4 is 12.4 Å². The predicted octanol–water partition coefficient (Wildman–Crippen LogP) is 2.73. The molecule has 0 heterocycles. The van der Waals surface area contributed by atoms with Crippen molar-refractivity contribution in [3.63, 3.8) is 0 Å². The number of aliphatic hydroxyl groups is 1. The van der Waals surface area contributed by atoms with Crippen molar-refractivity contribution in [1.29, 1.82) is 0 Å². The largest absolute Gasteiger partial charge is 0.416 e. The molecule has 1 aromatic rings. The highest BCUT2D eigenvalue weighted by Gasteiger charge is 2.45. The molecule has 0 bridgehead atoms. The molecule has 0 fully saturated rings. The fourth-order valence-corrected chi connectivity index (χ4v) is 1.28. The Labute approximate surface area is 112 Å². The third kappa shape index (κ3) is 3.13. The van der Waals surface area contributed by atoms with Crippen LogP contribution < -0.4 is 5.73 Å². The summed E-state index contributed by atoms with van der Waals surface area (Å²) in [4.78, 5) is 0. The van der Waals surface area contributed by atoms with Gasteiger partial charge in [0.1, 0.15) is 0 Å². The Morgan fingerprint density at radius 1 is 0.800 bits per heavy atom. The van der Waals surface area contributed by atoms with Crippen molar-refractivity contribution < 1.29 is 40.2 Å². The van der Waals surface area contributed by atoms with Gasteiger partial charge in [0.2, 0.25) is 5.82 Å². The van der Waals surface area contributed by atoms with Crippen LogP contribution in [0.15, 0.2) is 0 Å². The van der Waals surface area contributed by atoms with E-state index in [1.165, 1.54) is 0 Å². The number of alkyl halides is 3. The van der Waals surface area contributed by atoms with Gasteiger partial charge in [0.25, 0.3) is 0 Å². The summed E-state index contributed by atoms with van der Waals surface area (Å²) in [6.07, 6.45) is -8.87. The Morgan fingerprint density at radius 2 is 1.10 bits per heavy atom. The molecule has 0 aromatic heterocycles. The van der Waals surface area contributed by atoms with Gasteiger partial charge in [-0.3, -0.25) is 0 Å². The molecule has 0 unspecified atom stereocenters. The average molecular weight is 332 g/mol. The topological polar surface area (TPSA) is 46.2 Å². The number of halogens is 9. The van der Waals surface area contributed by atoms with E-state index in [0.717, 1.165) is 0 Å². The molecule has 1 aromatic carbocycles. The van der Waals surface area contributed by atoms with Crippen LogP contribution in [0, 0.1) is 29.1 Å². The van der Waals surface area contributed by atoms with Crippen molar-refractivity contribution in [3.8, 4) is 0 Å². The molecule has 116 valence electrons. The monoisotopic (exact) mass is 331 g/mol. The quantitative estimate of drug-likeness (QED) is 0.497. The maximum atomic E-state index is 13.1. The zero-order chi connectivity index (χ0) is 15.1. The highest BCUT2D eigenvalue weighted by Crippen LogP contribution is 2.33. The van der Waals surface area contributed by atoms with Gasteiger partial charge < -0.3 is 10.8 Å². The molecule has 20 heavy (non-hydrogen) atoms. The smallest absolute Gasteiger partial charge is 0.382 e. The van der Waals surface area contributed by atoms with E-state index in [4.69, 9.17) is 10.8 Å². The van der Waals surface area contributed by atoms with Crippen molar-refractivity contribution in [2.24, 2.45) is 5.73 Å². The lowest BCUT2D eigenvalue weighted by atomic mass is 10.00. The van der Waals surface area contributed by atoms with Gasteiger partial charge in [0.05, 0.1) is 6.04 Å². The van der Waals surface area contributed by atoms with Crippen LogP contribution in [0.2, 0.25) is 0 Å². The molecule has 11 heteroatoms. The molecule has 0 aliphatic heterocycles. The van der Waals surface area contributed by atoms with Gasteiger partial charge in [-0.25, -0.2) is 22.0 Å². The summed E-state index contributed by atoms with van der Waals surface area (Å²) in [5.74, 6) is -12.5.